The fourth-order valence-electron chi connectivity index (χ4n) is 3.46. The van der Waals surface area contributed by atoms with Gasteiger partial charge in [-0.2, -0.15) is 0 Å². The molecule has 1 N–H and O–H groups in total. The molecule has 7 heteroatoms. The van der Waals surface area contributed by atoms with Gasteiger partial charge < -0.3 is 9.88 Å². The zero-order valence-electron chi connectivity index (χ0n) is 15.7. The number of H-pyrrole nitrogens is 1. The summed E-state index contributed by atoms with van der Waals surface area (Å²) in [5.74, 6) is 0.726. The molecule has 6 nitrogen and oxygen atoms in total. The van der Waals surface area contributed by atoms with Crippen LogP contribution in [0.25, 0.3) is 11.4 Å². The van der Waals surface area contributed by atoms with Gasteiger partial charge in [-0.25, -0.2) is 4.98 Å². The molecule has 1 aliphatic rings. The average molecular weight is 395 g/mol. The minimum Gasteiger partial charge on any atom is -0.335 e. The maximum Gasteiger partial charge on any atom is 0.264 e. The summed E-state index contributed by atoms with van der Waals surface area (Å²) in [4.78, 5) is 36.5. The quantitative estimate of drug-likeness (QED) is 0.739. The molecule has 1 saturated heterocycles. The Kier molecular flexibility index (Phi) is 5.36. The van der Waals surface area contributed by atoms with E-state index in [9.17, 15) is 9.59 Å². The molecular formula is C21H22N4O2S. The molecule has 2 aromatic heterocycles. The Morgan fingerprint density at radius 3 is 2.68 bits per heavy atom. The van der Waals surface area contributed by atoms with Crippen molar-refractivity contribution in [1.82, 2.24) is 19.8 Å². The molecular weight excluding hydrogens is 372 g/mol. The lowest BCUT2D eigenvalue weighted by atomic mass is 10.1. The molecule has 1 amide bonds. The number of benzene rings is 1. The van der Waals surface area contributed by atoms with E-state index < -0.39 is 0 Å². The minimum absolute atomic E-state index is 0.131. The summed E-state index contributed by atoms with van der Waals surface area (Å²) in [6.07, 6.45) is 0. The molecule has 3 aromatic rings. The molecule has 1 aromatic carbocycles. The van der Waals surface area contributed by atoms with Gasteiger partial charge in [0, 0.05) is 50.0 Å². The molecule has 0 aliphatic carbocycles. The number of nitrogens with zero attached hydrogens (tertiary/aromatic N) is 3. The topological polar surface area (TPSA) is 69.3 Å². The van der Waals surface area contributed by atoms with Crippen LogP contribution in [-0.4, -0.2) is 51.9 Å². The molecule has 3 heterocycles. The van der Waals surface area contributed by atoms with Crippen molar-refractivity contribution in [3.63, 3.8) is 0 Å². The second kappa shape index (κ2) is 8.08. The highest BCUT2D eigenvalue weighted by Crippen LogP contribution is 2.18. The van der Waals surface area contributed by atoms with Crippen molar-refractivity contribution in [3.05, 3.63) is 74.3 Å². The lowest BCUT2D eigenvalue weighted by molar-refractivity contribution is 0.0633. The van der Waals surface area contributed by atoms with E-state index in [1.54, 1.807) is 0 Å². The number of hydrogen-bond acceptors (Lipinski definition) is 5. The molecule has 0 unspecified atom stereocenters. The van der Waals surface area contributed by atoms with Crippen molar-refractivity contribution in [2.24, 2.45) is 0 Å². The van der Waals surface area contributed by atoms with E-state index in [1.165, 1.54) is 23.0 Å². The van der Waals surface area contributed by atoms with E-state index in [0.717, 1.165) is 43.2 Å². The van der Waals surface area contributed by atoms with Gasteiger partial charge in [0.2, 0.25) is 0 Å². The number of aryl methyl sites for hydroxylation is 1. The van der Waals surface area contributed by atoms with Gasteiger partial charge in [0.1, 0.15) is 5.82 Å². The average Bonchev–Trinajstić information content (AvgIpc) is 3.22. The van der Waals surface area contributed by atoms with Crippen LogP contribution >= 0.6 is 11.3 Å². The smallest absolute Gasteiger partial charge is 0.264 e. The van der Waals surface area contributed by atoms with E-state index >= 15 is 0 Å². The summed E-state index contributed by atoms with van der Waals surface area (Å²) < 4.78 is 0. The van der Waals surface area contributed by atoms with Crippen molar-refractivity contribution < 1.29 is 4.79 Å². The van der Waals surface area contributed by atoms with E-state index in [2.05, 4.69) is 27.0 Å². The van der Waals surface area contributed by atoms with Crippen LogP contribution in [0.15, 0.2) is 52.6 Å². The molecule has 4 rings (SSSR count). The number of aromatic amines is 1. The maximum atomic E-state index is 12.5. The molecule has 0 radical (unpaired) electrons. The number of rotatable bonds is 4. The van der Waals surface area contributed by atoms with Crippen LogP contribution in [0.1, 0.15) is 20.9 Å². The Morgan fingerprint density at radius 1 is 1.14 bits per heavy atom. The van der Waals surface area contributed by atoms with Crippen molar-refractivity contribution >= 4 is 17.2 Å². The summed E-state index contributed by atoms with van der Waals surface area (Å²) >= 11 is 1.49. The normalized spacial score (nSPS) is 15.0. The summed E-state index contributed by atoms with van der Waals surface area (Å²) in [7, 11) is 0. The number of hydrogen-bond donors (Lipinski definition) is 1. The number of piperazine rings is 1. The lowest BCUT2D eigenvalue weighted by Crippen LogP contribution is -2.48. The van der Waals surface area contributed by atoms with Crippen LogP contribution in [-0.2, 0) is 6.54 Å². The van der Waals surface area contributed by atoms with Crippen molar-refractivity contribution in [3.8, 4) is 11.4 Å². The first-order valence-corrected chi connectivity index (χ1v) is 10.2. The van der Waals surface area contributed by atoms with Crippen LogP contribution in [0, 0.1) is 6.92 Å². The van der Waals surface area contributed by atoms with Crippen LogP contribution in [0.4, 0.5) is 0 Å². The zero-order valence-corrected chi connectivity index (χ0v) is 16.5. The lowest BCUT2D eigenvalue weighted by Gasteiger charge is -2.34. The van der Waals surface area contributed by atoms with E-state index in [1.807, 2.05) is 41.5 Å². The third-order valence-corrected chi connectivity index (χ3v) is 5.73. The SMILES string of the molecule is Cc1cc(=O)[nH]c(-c2cccc(CN3CCN(C(=O)c4cccs4)CC3)c2)n1. The minimum atomic E-state index is -0.139. The molecule has 1 aliphatic heterocycles. The van der Waals surface area contributed by atoms with Gasteiger partial charge in [-0.1, -0.05) is 24.3 Å². The maximum absolute atomic E-state index is 12.5. The monoisotopic (exact) mass is 394 g/mol. The predicted molar refractivity (Wildman–Crippen MR) is 111 cm³/mol. The van der Waals surface area contributed by atoms with Crippen molar-refractivity contribution in [1.29, 1.82) is 0 Å². The zero-order chi connectivity index (χ0) is 19.5. The van der Waals surface area contributed by atoms with Gasteiger partial charge >= 0.3 is 0 Å². The molecule has 0 bridgehead atoms. The largest absolute Gasteiger partial charge is 0.335 e. The molecule has 28 heavy (non-hydrogen) atoms. The molecule has 0 atom stereocenters. The first-order valence-electron chi connectivity index (χ1n) is 9.31. The third kappa shape index (κ3) is 4.21. The molecule has 144 valence electrons. The first kappa shape index (κ1) is 18.6. The highest BCUT2D eigenvalue weighted by molar-refractivity contribution is 7.12. The third-order valence-electron chi connectivity index (χ3n) is 4.87. The second-order valence-corrected chi connectivity index (χ2v) is 7.93. The Hall–Kier alpha value is -2.77. The van der Waals surface area contributed by atoms with E-state index in [-0.39, 0.29) is 11.5 Å². The summed E-state index contributed by atoms with van der Waals surface area (Å²) in [5.41, 5.74) is 2.64. The number of nitrogens with one attached hydrogen (secondary N) is 1. The number of carbonyl (C=O) groups is 1. The summed E-state index contributed by atoms with van der Waals surface area (Å²) in [5, 5.41) is 1.94. The van der Waals surface area contributed by atoms with Crippen LogP contribution in [0.3, 0.4) is 0 Å². The Morgan fingerprint density at radius 2 is 1.96 bits per heavy atom. The Balaban J connectivity index is 1.40. The van der Waals surface area contributed by atoms with Gasteiger partial charge in [0.05, 0.1) is 4.88 Å². The van der Waals surface area contributed by atoms with Crippen molar-refractivity contribution in [2.45, 2.75) is 13.5 Å². The van der Waals surface area contributed by atoms with Crippen LogP contribution in [0.5, 0.6) is 0 Å². The van der Waals surface area contributed by atoms with E-state index in [0.29, 0.717) is 11.5 Å². The number of aromatic nitrogens is 2. The first-order chi connectivity index (χ1) is 13.6. The summed E-state index contributed by atoms with van der Waals surface area (Å²) in [6, 6.07) is 13.4. The summed E-state index contributed by atoms with van der Waals surface area (Å²) in [6.45, 7) is 5.80. The highest BCUT2D eigenvalue weighted by atomic mass is 32.1. The van der Waals surface area contributed by atoms with Gasteiger partial charge in [-0.05, 0) is 30.0 Å². The fourth-order valence-corrected chi connectivity index (χ4v) is 4.15. The van der Waals surface area contributed by atoms with Gasteiger partial charge in [-0.3, -0.25) is 14.5 Å². The number of thiophene rings is 1. The Bertz CT molecular complexity index is 1020. The van der Waals surface area contributed by atoms with Gasteiger partial charge in [0.15, 0.2) is 0 Å². The molecule has 0 saturated carbocycles. The van der Waals surface area contributed by atoms with Crippen LogP contribution < -0.4 is 5.56 Å². The molecule has 0 spiro atoms. The number of carbonyl (C=O) groups excluding carboxylic acids is 1. The molecule has 1 fully saturated rings. The van der Waals surface area contributed by atoms with Gasteiger partial charge in [0.25, 0.3) is 11.5 Å². The van der Waals surface area contributed by atoms with Crippen LogP contribution in [0.2, 0.25) is 0 Å². The predicted octanol–water partition coefficient (Wildman–Crippen LogP) is 2.76. The second-order valence-electron chi connectivity index (χ2n) is 6.98. The van der Waals surface area contributed by atoms with E-state index in [4.69, 9.17) is 0 Å². The number of amides is 1. The van der Waals surface area contributed by atoms with Crippen molar-refractivity contribution in [2.75, 3.05) is 26.2 Å². The standard InChI is InChI=1S/C21H22N4O2S/c1-15-12-19(26)23-20(22-15)17-5-2-4-16(13-17)14-24-7-9-25(10-8-24)21(27)18-6-3-11-28-18/h2-6,11-13H,7-10,14H2,1H3,(H,22,23,26). The highest BCUT2D eigenvalue weighted by Gasteiger charge is 2.22. The fraction of sp³-hybridized carbons (Fsp3) is 0.286. The van der Waals surface area contributed by atoms with Gasteiger partial charge in [-0.15, -0.1) is 11.3 Å². The Labute approximate surface area is 167 Å².